The predicted molar refractivity (Wildman–Crippen MR) is 101 cm³/mol. The number of furan rings is 1. The molecule has 0 aliphatic heterocycles. The van der Waals surface area contributed by atoms with Gasteiger partial charge < -0.3 is 4.42 Å². The molecule has 3 aromatic rings. The molecule has 6 nitrogen and oxygen atoms in total. The molecule has 132 valence electrons. The molecule has 0 unspecified atom stereocenters. The molecule has 0 fully saturated rings. The highest BCUT2D eigenvalue weighted by atomic mass is 79.9. The molecule has 0 saturated heterocycles. The number of hydrogen-bond acceptors (Lipinski definition) is 6. The SMILES string of the molecule is CS(=O)(=O)CCSc1nnc(-c2ccc(Br)o2)n1Cc1ccccc1. The van der Waals surface area contributed by atoms with Gasteiger partial charge >= 0.3 is 0 Å². The van der Waals surface area contributed by atoms with E-state index in [0.29, 0.717) is 33.7 Å². The first-order chi connectivity index (χ1) is 11.9. The Labute approximate surface area is 158 Å². The highest BCUT2D eigenvalue weighted by Gasteiger charge is 2.18. The number of halogens is 1. The van der Waals surface area contributed by atoms with E-state index >= 15 is 0 Å². The van der Waals surface area contributed by atoms with E-state index < -0.39 is 9.84 Å². The van der Waals surface area contributed by atoms with Crippen LogP contribution in [-0.2, 0) is 16.4 Å². The summed E-state index contributed by atoms with van der Waals surface area (Å²) < 4.78 is 30.9. The van der Waals surface area contributed by atoms with Crippen molar-refractivity contribution in [2.45, 2.75) is 11.7 Å². The largest absolute Gasteiger partial charge is 0.446 e. The van der Waals surface area contributed by atoms with Gasteiger partial charge in [-0.25, -0.2) is 8.42 Å². The van der Waals surface area contributed by atoms with E-state index in [0.717, 1.165) is 5.56 Å². The number of aromatic nitrogens is 3. The van der Waals surface area contributed by atoms with Crippen molar-refractivity contribution in [3.05, 3.63) is 52.7 Å². The Kier molecular flexibility index (Phi) is 5.65. The third kappa shape index (κ3) is 4.96. The third-order valence-corrected chi connectivity index (χ3v) is 5.98. The van der Waals surface area contributed by atoms with Crippen molar-refractivity contribution in [2.24, 2.45) is 0 Å². The van der Waals surface area contributed by atoms with Crippen LogP contribution in [0.4, 0.5) is 0 Å². The fraction of sp³-hybridized carbons (Fsp3) is 0.250. The van der Waals surface area contributed by atoms with Crippen molar-refractivity contribution in [1.82, 2.24) is 14.8 Å². The molecule has 0 atom stereocenters. The first-order valence-corrected chi connectivity index (χ1v) is 11.3. The average Bonchev–Trinajstić information content (AvgIpc) is 3.14. The summed E-state index contributed by atoms with van der Waals surface area (Å²) >= 11 is 4.67. The van der Waals surface area contributed by atoms with Crippen LogP contribution in [0, 0.1) is 0 Å². The lowest BCUT2D eigenvalue weighted by molar-refractivity contribution is 0.545. The van der Waals surface area contributed by atoms with Gasteiger partial charge in [0.25, 0.3) is 0 Å². The predicted octanol–water partition coefficient (Wildman–Crippen LogP) is 3.49. The van der Waals surface area contributed by atoms with Crippen LogP contribution in [0.2, 0.25) is 0 Å². The van der Waals surface area contributed by atoms with Crippen molar-refractivity contribution in [2.75, 3.05) is 17.8 Å². The summed E-state index contributed by atoms with van der Waals surface area (Å²) in [5.74, 6) is 1.73. The highest BCUT2D eigenvalue weighted by molar-refractivity contribution is 9.10. The Morgan fingerprint density at radius 2 is 1.92 bits per heavy atom. The zero-order chi connectivity index (χ0) is 17.9. The maximum atomic E-state index is 11.4. The van der Waals surface area contributed by atoms with E-state index in [1.165, 1.54) is 18.0 Å². The molecule has 25 heavy (non-hydrogen) atoms. The van der Waals surface area contributed by atoms with Gasteiger partial charge in [0.1, 0.15) is 9.84 Å². The number of nitrogens with zero attached hydrogens (tertiary/aromatic N) is 3. The second kappa shape index (κ2) is 7.76. The van der Waals surface area contributed by atoms with Gasteiger partial charge in [0.2, 0.25) is 5.82 Å². The second-order valence-electron chi connectivity index (χ2n) is 5.46. The Bertz CT molecular complexity index is 952. The fourth-order valence-electron chi connectivity index (χ4n) is 2.21. The minimum atomic E-state index is -3.01. The molecule has 0 spiro atoms. The molecule has 3 rings (SSSR count). The highest BCUT2D eigenvalue weighted by Crippen LogP contribution is 2.28. The maximum absolute atomic E-state index is 11.4. The smallest absolute Gasteiger partial charge is 0.200 e. The maximum Gasteiger partial charge on any atom is 0.200 e. The fourth-order valence-corrected chi connectivity index (χ4v) is 4.64. The summed E-state index contributed by atoms with van der Waals surface area (Å²) in [4.78, 5) is 0. The van der Waals surface area contributed by atoms with Gasteiger partial charge in [0, 0.05) is 12.0 Å². The third-order valence-electron chi connectivity index (χ3n) is 3.38. The van der Waals surface area contributed by atoms with Crippen LogP contribution < -0.4 is 0 Å². The minimum Gasteiger partial charge on any atom is -0.446 e. The van der Waals surface area contributed by atoms with Crippen molar-refractivity contribution in [3.63, 3.8) is 0 Å². The number of rotatable bonds is 7. The lowest BCUT2D eigenvalue weighted by Crippen LogP contribution is -2.07. The minimum absolute atomic E-state index is 0.0947. The number of hydrogen-bond donors (Lipinski definition) is 0. The summed E-state index contributed by atoms with van der Waals surface area (Å²) in [6, 6.07) is 13.6. The molecule has 0 saturated carbocycles. The lowest BCUT2D eigenvalue weighted by atomic mass is 10.2. The van der Waals surface area contributed by atoms with Crippen LogP contribution in [-0.4, -0.2) is 40.9 Å². The van der Waals surface area contributed by atoms with E-state index in [4.69, 9.17) is 4.42 Å². The molecular weight excluding hydrogens is 426 g/mol. The summed E-state index contributed by atoms with van der Waals surface area (Å²) in [5, 5.41) is 9.12. The normalized spacial score (nSPS) is 11.8. The molecule has 2 aromatic heterocycles. The second-order valence-corrected chi connectivity index (χ2v) is 9.56. The number of sulfone groups is 1. The molecule has 2 heterocycles. The van der Waals surface area contributed by atoms with Crippen molar-refractivity contribution < 1.29 is 12.8 Å². The van der Waals surface area contributed by atoms with E-state index in [2.05, 4.69) is 26.1 Å². The van der Waals surface area contributed by atoms with Gasteiger partial charge in [-0.3, -0.25) is 4.57 Å². The van der Waals surface area contributed by atoms with Crippen LogP contribution in [0.5, 0.6) is 0 Å². The lowest BCUT2D eigenvalue weighted by Gasteiger charge is -2.09. The Hall–Kier alpha value is -1.58. The molecular formula is C16H16BrN3O3S2. The van der Waals surface area contributed by atoms with Crippen molar-refractivity contribution in [1.29, 1.82) is 0 Å². The zero-order valence-electron chi connectivity index (χ0n) is 13.4. The quantitative estimate of drug-likeness (QED) is 0.522. The van der Waals surface area contributed by atoms with Gasteiger partial charge in [0.05, 0.1) is 12.3 Å². The molecule has 0 bridgehead atoms. The molecule has 0 N–H and O–H groups in total. The summed E-state index contributed by atoms with van der Waals surface area (Å²) in [6.45, 7) is 0.572. The summed E-state index contributed by atoms with van der Waals surface area (Å²) in [7, 11) is -3.01. The standard InChI is InChI=1S/C16H16BrN3O3S2/c1-25(21,22)10-9-24-16-19-18-15(13-7-8-14(17)23-13)20(16)11-12-5-3-2-4-6-12/h2-8H,9-11H2,1H3. The molecule has 9 heteroatoms. The van der Waals surface area contributed by atoms with Crippen molar-refractivity contribution >= 4 is 37.5 Å². The van der Waals surface area contributed by atoms with E-state index in [1.807, 2.05) is 41.0 Å². The molecule has 0 aliphatic carbocycles. The average molecular weight is 442 g/mol. The summed E-state index contributed by atoms with van der Waals surface area (Å²) in [5.41, 5.74) is 1.10. The van der Waals surface area contributed by atoms with Crippen LogP contribution in [0.15, 0.2) is 56.7 Å². The topological polar surface area (TPSA) is 78.0 Å². The Morgan fingerprint density at radius 1 is 1.16 bits per heavy atom. The monoisotopic (exact) mass is 441 g/mol. The zero-order valence-corrected chi connectivity index (χ0v) is 16.6. The van der Waals surface area contributed by atoms with Crippen LogP contribution >= 0.6 is 27.7 Å². The Morgan fingerprint density at radius 3 is 2.56 bits per heavy atom. The first-order valence-electron chi connectivity index (χ1n) is 7.46. The Balaban J connectivity index is 1.90. The van der Waals surface area contributed by atoms with E-state index in [-0.39, 0.29) is 5.75 Å². The van der Waals surface area contributed by atoms with Crippen LogP contribution in [0.25, 0.3) is 11.6 Å². The molecule has 1 aromatic carbocycles. The van der Waals surface area contributed by atoms with Crippen molar-refractivity contribution in [3.8, 4) is 11.6 Å². The van der Waals surface area contributed by atoms with Gasteiger partial charge in [-0.05, 0) is 33.6 Å². The molecule has 0 amide bonds. The summed E-state index contributed by atoms with van der Waals surface area (Å²) in [6.07, 6.45) is 1.23. The molecule has 0 aliphatic rings. The first kappa shape index (κ1) is 18.2. The number of thioether (sulfide) groups is 1. The number of benzene rings is 1. The van der Waals surface area contributed by atoms with E-state index in [1.54, 1.807) is 6.07 Å². The van der Waals surface area contributed by atoms with E-state index in [9.17, 15) is 8.42 Å². The van der Waals surface area contributed by atoms with Gasteiger partial charge in [0.15, 0.2) is 15.6 Å². The van der Waals surface area contributed by atoms with Crippen LogP contribution in [0.3, 0.4) is 0 Å². The molecule has 0 radical (unpaired) electrons. The van der Waals surface area contributed by atoms with Crippen LogP contribution in [0.1, 0.15) is 5.56 Å². The van der Waals surface area contributed by atoms with Gasteiger partial charge in [-0.1, -0.05) is 42.1 Å². The van der Waals surface area contributed by atoms with Gasteiger partial charge in [-0.2, -0.15) is 0 Å². The van der Waals surface area contributed by atoms with Gasteiger partial charge in [-0.15, -0.1) is 10.2 Å².